The first-order valence-electron chi connectivity index (χ1n) is 21.7. The number of methoxy groups -OCH3 is 2. The van der Waals surface area contributed by atoms with Crippen molar-refractivity contribution < 1.29 is 65.7 Å². The molecular formula is C45H58BF2N6O10S+. The standard InChI is InChI=1S/C45H57BF2N6O10S/c1-54(2,3)25-9-10-33-26-38(31-12-17-36(60-4)18-13-31)51-40(33)28-41-34(27-39(52(41)46(51,47)48)32-14-19-37(61-5)20-15-32)16-21-42(55)50-35(30-65-64-63-59)29-49-24-8-6-7-11-45(58)62-53-43(56)22-23-44(53)57/h12-15,17-20,26-28,35,49H,6-11,16,21-25,29-30H2,1-5H3,(H-,50,55,59)/p+1. The van der Waals surface area contributed by atoms with Gasteiger partial charge in [0.15, 0.2) is 11.4 Å². The van der Waals surface area contributed by atoms with Crippen molar-refractivity contribution in [3.63, 3.8) is 0 Å². The number of halogens is 2. The SMILES string of the molecule is COc1ccc(C2=[N+]3C(=Cc4c(CCC[N+](C)(C)C)cc(-c5ccc(OC)cc5)n4[B-]3(F)F)C(CCC(=O)NC(CNCCCCCC(=O)ON3C(=O)CCC3=O)CSOOO)=C2)cc1. The second-order valence-electron chi connectivity index (χ2n) is 17.2. The molecule has 3 N–H and O–H groups in total. The van der Waals surface area contributed by atoms with Crippen LogP contribution in [0.3, 0.4) is 0 Å². The van der Waals surface area contributed by atoms with Crippen LogP contribution < -0.4 is 20.1 Å². The van der Waals surface area contributed by atoms with E-state index < -0.39 is 30.8 Å². The summed E-state index contributed by atoms with van der Waals surface area (Å²) >= 11 is 0.793. The number of allylic oxidation sites excluding steroid dienone is 2. The second kappa shape index (κ2) is 22.2. The number of unbranched alkanes of at least 4 members (excludes halogenated alkanes) is 2. The van der Waals surface area contributed by atoms with Crippen LogP contribution in [-0.2, 0) is 39.8 Å². The van der Waals surface area contributed by atoms with Crippen LogP contribution in [0.15, 0.2) is 71.9 Å². The Morgan fingerprint density at radius 3 is 2.18 bits per heavy atom. The topological polar surface area (TPSA) is 170 Å². The van der Waals surface area contributed by atoms with Crippen molar-refractivity contribution >= 4 is 54.5 Å². The normalized spacial score (nSPS) is 16.0. The third-order valence-electron chi connectivity index (χ3n) is 11.4. The van der Waals surface area contributed by atoms with Gasteiger partial charge >= 0.3 is 12.9 Å². The van der Waals surface area contributed by atoms with Crippen molar-refractivity contribution in [3.8, 4) is 22.8 Å². The Labute approximate surface area is 381 Å². The van der Waals surface area contributed by atoms with Crippen LogP contribution in [0.5, 0.6) is 11.5 Å². The number of hydroxylamine groups is 2. The first-order chi connectivity index (χ1) is 31.1. The molecule has 16 nitrogen and oxygen atoms in total. The average Bonchev–Trinajstić information content (AvgIpc) is 3.95. The molecule has 3 aromatic rings. The number of nitrogens with one attached hydrogen (secondary N) is 2. The molecule has 3 aliphatic rings. The molecule has 1 atom stereocenters. The maximum atomic E-state index is 17.7. The van der Waals surface area contributed by atoms with Gasteiger partial charge in [0.05, 0.1) is 47.9 Å². The monoisotopic (exact) mass is 923 g/mol. The largest absolute Gasteiger partial charge is 0.737 e. The smallest absolute Gasteiger partial charge is 0.497 e. The van der Waals surface area contributed by atoms with Crippen LogP contribution >= 0.6 is 12.0 Å². The summed E-state index contributed by atoms with van der Waals surface area (Å²) in [7, 11) is 9.41. The molecule has 0 spiro atoms. The molecule has 2 aromatic carbocycles. The van der Waals surface area contributed by atoms with E-state index in [4.69, 9.17) is 19.6 Å². The highest BCUT2D eigenvalue weighted by Crippen LogP contribution is 2.42. The van der Waals surface area contributed by atoms with Gasteiger partial charge in [-0.05, 0) is 98.0 Å². The fourth-order valence-electron chi connectivity index (χ4n) is 8.15. The molecule has 1 unspecified atom stereocenters. The number of hydrogen-bond acceptors (Lipinski definition) is 12. The van der Waals surface area contributed by atoms with Gasteiger partial charge in [0.2, 0.25) is 5.91 Å². The van der Waals surface area contributed by atoms with Gasteiger partial charge in [0.25, 0.3) is 11.8 Å². The molecule has 3 amide bonds. The number of aryl methyl sites for hydroxylation is 1. The van der Waals surface area contributed by atoms with E-state index in [2.05, 4.69) is 41.1 Å². The maximum Gasteiger partial charge on any atom is 0.737 e. The minimum absolute atomic E-state index is 0.0107. The van der Waals surface area contributed by atoms with Gasteiger partial charge in [-0.1, -0.05) is 11.5 Å². The zero-order valence-electron chi connectivity index (χ0n) is 37.5. The Bertz CT molecular complexity index is 2280. The molecule has 1 fully saturated rings. The van der Waals surface area contributed by atoms with E-state index in [0.29, 0.717) is 94.8 Å². The zero-order chi connectivity index (χ0) is 46.7. The predicted molar refractivity (Wildman–Crippen MR) is 241 cm³/mol. The fourth-order valence-corrected chi connectivity index (χ4v) is 8.61. The molecule has 4 heterocycles. The Morgan fingerprint density at radius 1 is 0.892 bits per heavy atom. The highest BCUT2D eigenvalue weighted by Gasteiger charge is 2.55. The maximum absolute atomic E-state index is 17.7. The van der Waals surface area contributed by atoms with Crippen LogP contribution in [0, 0.1) is 0 Å². The lowest BCUT2D eigenvalue weighted by atomic mass is 9.87. The van der Waals surface area contributed by atoms with E-state index in [9.17, 15) is 19.2 Å². The fraction of sp³-hybridized carbons (Fsp3) is 0.444. The number of amides is 3. The minimum atomic E-state index is -4.47. The number of fused-ring (bicyclic) bond motifs is 2. The number of aromatic nitrogens is 1. The van der Waals surface area contributed by atoms with E-state index in [0.717, 1.165) is 39.5 Å². The molecule has 1 saturated heterocycles. The zero-order valence-corrected chi connectivity index (χ0v) is 38.3. The van der Waals surface area contributed by atoms with Crippen LogP contribution in [-0.4, -0.2) is 127 Å². The third kappa shape index (κ3) is 12.5. The Hall–Kier alpha value is -5.38. The molecular weight excluding hydrogens is 865 g/mol. The molecule has 1 aromatic heterocycles. The lowest BCUT2D eigenvalue weighted by Crippen LogP contribution is -2.51. The van der Waals surface area contributed by atoms with Crippen molar-refractivity contribution in [2.75, 3.05) is 60.7 Å². The predicted octanol–water partition coefficient (Wildman–Crippen LogP) is 5.92. The number of hydrogen-bond donors (Lipinski definition) is 3. The summed E-state index contributed by atoms with van der Waals surface area (Å²) in [6.45, 7) is -2.75. The van der Waals surface area contributed by atoms with Crippen molar-refractivity contribution in [2.45, 2.75) is 70.3 Å². The summed E-state index contributed by atoms with van der Waals surface area (Å²) < 4.78 is 53.8. The van der Waals surface area contributed by atoms with Crippen LogP contribution in [0.25, 0.3) is 17.3 Å². The number of imide groups is 1. The van der Waals surface area contributed by atoms with Gasteiger partial charge in [-0.3, -0.25) is 14.4 Å². The van der Waals surface area contributed by atoms with Crippen molar-refractivity contribution in [1.82, 2.24) is 20.2 Å². The summed E-state index contributed by atoms with van der Waals surface area (Å²) in [6.07, 6.45) is 7.03. The number of benzene rings is 2. The van der Waals surface area contributed by atoms with Gasteiger partial charge in [-0.25, -0.2) is 10.1 Å². The molecule has 20 heteroatoms. The Balaban J connectivity index is 1.17. The van der Waals surface area contributed by atoms with E-state index in [1.165, 1.54) is 4.48 Å². The van der Waals surface area contributed by atoms with E-state index in [1.54, 1.807) is 68.8 Å². The molecule has 65 heavy (non-hydrogen) atoms. The first kappa shape index (κ1) is 49.1. The average molecular weight is 924 g/mol. The van der Waals surface area contributed by atoms with Crippen LogP contribution in [0.2, 0.25) is 0 Å². The minimum Gasteiger partial charge on any atom is -0.497 e. The number of nitrogens with zero attached hydrogens (tertiary/aromatic N) is 4. The lowest BCUT2D eigenvalue weighted by molar-refractivity contribution is -0.870. The molecule has 0 radical (unpaired) electrons. The van der Waals surface area contributed by atoms with Gasteiger partial charge in [0.1, 0.15) is 11.5 Å². The number of ether oxygens (including phenoxy) is 2. The van der Waals surface area contributed by atoms with Crippen molar-refractivity contribution in [3.05, 3.63) is 88.8 Å². The number of rotatable bonds is 25. The lowest BCUT2D eigenvalue weighted by Gasteiger charge is -2.32. The molecule has 6 rings (SSSR count). The quantitative estimate of drug-likeness (QED) is 0.0175. The first-order valence-corrected chi connectivity index (χ1v) is 22.7. The second-order valence-corrected chi connectivity index (χ2v) is 17.9. The van der Waals surface area contributed by atoms with Gasteiger partial charge in [-0.15, -0.1) is 9.40 Å². The van der Waals surface area contributed by atoms with Gasteiger partial charge in [-0.2, -0.15) is 0 Å². The number of carbonyl (C=O) groups is 4. The highest BCUT2D eigenvalue weighted by molar-refractivity contribution is 7.94. The molecule has 0 bridgehead atoms. The highest BCUT2D eigenvalue weighted by atomic mass is 32.2. The third-order valence-corrected chi connectivity index (χ3v) is 12.1. The van der Waals surface area contributed by atoms with Crippen molar-refractivity contribution in [2.24, 2.45) is 0 Å². The summed E-state index contributed by atoms with van der Waals surface area (Å²) in [6, 6.07) is 15.5. The summed E-state index contributed by atoms with van der Waals surface area (Å²) in [5.74, 6) is -0.617. The number of carbonyl (C=O) groups excluding carboxylic acids is 4. The Morgan fingerprint density at radius 2 is 1.55 bits per heavy atom. The van der Waals surface area contributed by atoms with Crippen LogP contribution in [0.4, 0.5) is 8.63 Å². The summed E-state index contributed by atoms with van der Waals surface area (Å²) in [5.41, 5.74) is 4.06. The van der Waals surface area contributed by atoms with Crippen LogP contribution in [0.1, 0.15) is 74.6 Å². The van der Waals surface area contributed by atoms with E-state index in [1.807, 2.05) is 12.1 Å². The molecule has 0 aliphatic carbocycles. The van der Waals surface area contributed by atoms with Gasteiger partial charge < -0.3 is 47.0 Å². The molecule has 350 valence electrons. The summed E-state index contributed by atoms with van der Waals surface area (Å²) in [4.78, 5) is 54.0. The molecule has 0 saturated carbocycles. The molecule has 3 aliphatic heterocycles. The van der Waals surface area contributed by atoms with Gasteiger partial charge in [0, 0.05) is 91.1 Å². The van der Waals surface area contributed by atoms with E-state index >= 15 is 8.63 Å². The van der Waals surface area contributed by atoms with E-state index in [-0.39, 0.29) is 43.8 Å². The number of quaternary nitrogens is 1. The van der Waals surface area contributed by atoms with Crippen molar-refractivity contribution in [1.29, 1.82) is 0 Å². The Kier molecular flexibility index (Phi) is 16.8. The summed E-state index contributed by atoms with van der Waals surface area (Å²) in [5, 5.41) is 19.3.